The van der Waals surface area contributed by atoms with Crippen molar-refractivity contribution in [3.05, 3.63) is 72.6 Å². The fourth-order valence-corrected chi connectivity index (χ4v) is 7.60. The van der Waals surface area contributed by atoms with Gasteiger partial charge in [-0.05, 0) is 67.8 Å². The first-order chi connectivity index (χ1) is 26.1. The Bertz CT molecular complexity index is 2660. The van der Waals surface area contributed by atoms with Gasteiger partial charge in [-0.2, -0.15) is 46.7 Å². The number of nitrogens with one attached hydrogen (secondary N) is 5. The number of aryl methyl sites for hydroxylation is 1. The van der Waals surface area contributed by atoms with Crippen LogP contribution in [0.25, 0.3) is 10.8 Å². The van der Waals surface area contributed by atoms with E-state index in [0.717, 1.165) is 18.2 Å². The Morgan fingerprint density at radius 3 is 2.09 bits per heavy atom. The lowest BCUT2D eigenvalue weighted by atomic mass is 10.1. The molecule has 1 aromatic heterocycles. The molecule has 0 radical (unpaired) electrons. The van der Waals surface area contributed by atoms with Gasteiger partial charge in [0.15, 0.2) is 5.75 Å². The first-order valence-corrected chi connectivity index (χ1v) is 20.9. The zero-order chi connectivity index (χ0) is 39.9. The number of anilines is 6. The largest absolute Gasteiger partial charge is 0.505 e. The van der Waals surface area contributed by atoms with Gasteiger partial charge in [-0.3, -0.25) is 13.6 Å². The summed E-state index contributed by atoms with van der Waals surface area (Å²) >= 11 is 0. The van der Waals surface area contributed by atoms with E-state index < -0.39 is 63.2 Å². The molecular weight excluding hydrogens is 805 g/mol. The van der Waals surface area contributed by atoms with Crippen LogP contribution in [0, 0.1) is 6.92 Å². The van der Waals surface area contributed by atoms with Crippen molar-refractivity contribution in [2.75, 3.05) is 33.2 Å². The molecule has 55 heavy (non-hydrogen) atoms. The standard InChI is InChI=1S/C30H32N10O11S4/c1-4-31-51-55(48,49)25-14-18-13-21(54(46,47)50-5-2)16-24(26(18)28(41)27(25)38-37-19-9-8-10-20(15-19)39-52(42)43)35-30-33-17(3)32-29(36-30)34-22-11-6-7-12-23(22)40-53(44)45/h6-16,31,41,52-53H,4-5H2,1-3H3,(H,39,42,43)(H,40,44,45)(H2,32,33,34,35,36). The van der Waals surface area contributed by atoms with Crippen LogP contribution in [-0.4, -0.2) is 66.9 Å². The minimum Gasteiger partial charge on any atom is -0.505 e. The van der Waals surface area contributed by atoms with Gasteiger partial charge >= 0.3 is 10.1 Å². The number of phenols is 1. The number of aromatic hydroxyl groups is 1. The van der Waals surface area contributed by atoms with E-state index in [1.807, 2.05) is 0 Å². The Kier molecular flexibility index (Phi) is 12.8. The topological polar surface area (TPSA) is 299 Å². The molecule has 0 fully saturated rings. The van der Waals surface area contributed by atoms with Crippen molar-refractivity contribution in [1.29, 1.82) is 0 Å². The Morgan fingerprint density at radius 1 is 0.764 bits per heavy atom. The zero-order valence-corrected chi connectivity index (χ0v) is 32.2. The predicted octanol–water partition coefficient (Wildman–Crippen LogP) is 3.77. The van der Waals surface area contributed by atoms with E-state index in [-0.39, 0.29) is 70.1 Å². The maximum atomic E-state index is 13.5. The summed E-state index contributed by atoms with van der Waals surface area (Å²) < 4.78 is 113. The van der Waals surface area contributed by atoms with E-state index >= 15 is 0 Å². The Hall–Kier alpha value is -5.57. The van der Waals surface area contributed by atoms with Crippen LogP contribution in [0.2, 0.25) is 0 Å². The third kappa shape index (κ3) is 10.1. The Morgan fingerprint density at radius 2 is 1.44 bits per heavy atom. The molecule has 25 heteroatoms. The van der Waals surface area contributed by atoms with Crippen LogP contribution in [-0.2, 0) is 50.5 Å². The summed E-state index contributed by atoms with van der Waals surface area (Å²) in [5.41, 5.74) is 2.04. The number of hydrogen-bond acceptors (Lipinski definition) is 19. The number of phenolic OH excluding ortho intramolecular Hbond substituents is 1. The number of benzene rings is 4. The molecule has 5 aromatic rings. The van der Waals surface area contributed by atoms with E-state index in [1.165, 1.54) is 44.2 Å². The van der Waals surface area contributed by atoms with Crippen molar-refractivity contribution in [2.24, 2.45) is 10.2 Å². The minimum absolute atomic E-state index is 0.0468. The maximum Gasteiger partial charge on any atom is 0.315 e. The average molecular weight is 837 g/mol. The molecule has 0 aliphatic carbocycles. The number of fused-ring (bicyclic) bond motifs is 1. The highest BCUT2D eigenvalue weighted by atomic mass is 32.2. The van der Waals surface area contributed by atoms with E-state index in [2.05, 4.69) is 50.7 Å². The highest BCUT2D eigenvalue weighted by Crippen LogP contribution is 2.46. The van der Waals surface area contributed by atoms with Gasteiger partial charge in [-0.25, -0.2) is 16.8 Å². The molecule has 5 rings (SSSR count). The summed E-state index contributed by atoms with van der Waals surface area (Å²) in [6, 6.07) is 15.0. The molecule has 0 saturated heterocycles. The van der Waals surface area contributed by atoms with E-state index in [4.69, 9.17) is 8.47 Å². The summed E-state index contributed by atoms with van der Waals surface area (Å²) in [5, 5.41) is 25.2. The van der Waals surface area contributed by atoms with Crippen molar-refractivity contribution in [2.45, 2.75) is 30.6 Å². The SMILES string of the molecule is CCNOS(=O)(=O)c1cc2cc(S(=O)(=O)OCC)cc(Nc3nc(C)nc(Nc4ccccc4N[SH](=O)=O)n3)c2c(O)c1N=Nc1cccc(N[SH](=O)=O)c1. The highest BCUT2D eigenvalue weighted by Gasteiger charge is 2.28. The summed E-state index contributed by atoms with van der Waals surface area (Å²) in [6.45, 7) is 4.32. The number of hydrogen-bond donors (Lipinski definition) is 8. The first kappa shape index (κ1) is 40.6. The monoisotopic (exact) mass is 836 g/mol. The Labute approximate surface area is 317 Å². The minimum atomic E-state index is -4.78. The molecule has 0 atom stereocenters. The molecule has 292 valence electrons. The maximum absolute atomic E-state index is 13.5. The molecule has 0 bridgehead atoms. The van der Waals surface area contributed by atoms with Gasteiger partial charge in [0, 0.05) is 11.9 Å². The van der Waals surface area contributed by atoms with Crippen LogP contribution in [0.4, 0.5) is 46.0 Å². The third-order valence-corrected chi connectivity index (χ3v) is 10.4. The lowest BCUT2D eigenvalue weighted by molar-refractivity contribution is 0.210. The number of para-hydroxylation sites is 2. The number of rotatable bonds is 17. The molecule has 4 aromatic carbocycles. The smallest absolute Gasteiger partial charge is 0.315 e. The van der Waals surface area contributed by atoms with Crippen molar-refractivity contribution >= 4 is 98.8 Å². The van der Waals surface area contributed by atoms with Gasteiger partial charge in [0.1, 0.15) is 16.4 Å². The number of azo groups is 1. The quantitative estimate of drug-likeness (QED) is 0.0286. The normalized spacial score (nSPS) is 12.1. The highest BCUT2D eigenvalue weighted by molar-refractivity contribution is 7.87. The number of aromatic nitrogens is 3. The molecule has 1 heterocycles. The van der Waals surface area contributed by atoms with Crippen LogP contribution >= 0.6 is 0 Å². The average Bonchev–Trinajstić information content (AvgIpc) is 3.10. The van der Waals surface area contributed by atoms with Crippen LogP contribution in [0.15, 0.2) is 86.7 Å². The zero-order valence-electron chi connectivity index (χ0n) is 28.7. The van der Waals surface area contributed by atoms with Crippen LogP contribution in [0.3, 0.4) is 0 Å². The van der Waals surface area contributed by atoms with Crippen molar-refractivity contribution in [3.63, 3.8) is 0 Å². The van der Waals surface area contributed by atoms with Crippen molar-refractivity contribution in [3.8, 4) is 5.75 Å². The van der Waals surface area contributed by atoms with Crippen LogP contribution < -0.4 is 25.6 Å². The van der Waals surface area contributed by atoms with Gasteiger partial charge in [0.2, 0.25) is 33.7 Å². The summed E-state index contributed by atoms with van der Waals surface area (Å²) in [5.74, 6) is -0.929. The summed E-state index contributed by atoms with van der Waals surface area (Å²) in [7, 11) is -15.3. The second-order valence-corrected chi connectivity index (χ2v) is 15.5. The first-order valence-electron chi connectivity index (χ1n) is 15.7. The molecule has 0 aliphatic heterocycles. The molecule has 6 N–H and O–H groups in total. The molecule has 21 nitrogen and oxygen atoms in total. The van der Waals surface area contributed by atoms with Crippen LogP contribution in [0.1, 0.15) is 19.7 Å². The van der Waals surface area contributed by atoms with E-state index in [1.54, 1.807) is 25.1 Å². The summed E-state index contributed by atoms with van der Waals surface area (Å²) in [6.07, 6.45) is 0. The van der Waals surface area contributed by atoms with E-state index in [0.29, 0.717) is 0 Å². The second kappa shape index (κ2) is 17.3. The number of nitrogens with zero attached hydrogens (tertiary/aromatic N) is 5. The molecule has 0 amide bonds. The molecule has 0 aliphatic rings. The number of thiol groups is 2. The van der Waals surface area contributed by atoms with Gasteiger partial charge < -0.3 is 15.7 Å². The van der Waals surface area contributed by atoms with Gasteiger partial charge in [0.25, 0.3) is 10.1 Å². The number of hydroxylamine groups is 1. The van der Waals surface area contributed by atoms with Crippen LogP contribution in [0.5, 0.6) is 5.75 Å². The summed E-state index contributed by atoms with van der Waals surface area (Å²) in [4.78, 5) is 11.6. The van der Waals surface area contributed by atoms with Gasteiger partial charge in [-0.15, -0.1) is 5.11 Å². The second-order valence-electron chi connectivity index (χ2n) is 10.9. The Balaban J connectivity index is 1.72. The molecule has 0 spiro atoms. The van der Waals surface area contributed by atoms with E-state index in [9.17, 15) is 38.8 Å². The fraction of sp³-hybridized carbons (Fsp3) is 0.167. The fourth-order valence-electron chi connectivity index (χ4n) is 4.87. The van der Waals surface area contributed by atoms with Crippen molar-refractivity contribution < 1.29 is 47.2 Å². The molecule has 0 saturated carbocycles. The molecular formula is C30H32N10O11S4. The van der Waals surface area contributed by atoms with Gasteiger partial charge in [-0.1, -0.05) is 25.1 Å². The lowest BCUT2D eigenvalue weighted by Gasteiger charge is -2.17. The lowest BCUT2D eigenvalue weighted by Crippen LogP contribution is -2.20. The molecule has 0 unspecified atom stereocenters. The van der Waals surface area contributed by atoms with Crippen molar-refractivity contribution in [1.82, 2.24) is 20.4 Å². The predicted molar refractivity (Wildman–Crippen MR) is 202 cm³/mol. The van der Waals surface area contributed by atoms with Gasteiger partial charge in [0.05, 0.1) is 39.9 Å². The third-order valence-electron chi connectivity index (χ3n) is 6.98.